The Kier molecular flexibility index (Phi) is 2.16. The number of benzene rings is 1. The standard InChI is InChI=1S/C11H9NO4/c1-5-2-3-6-7(4-5)12-10(14)9(13)8(6)11(15)16/h2-4,13H,1H3,(H,12,14)(H,15,16). The average molecular weight is 219 g/mol. The van der Waals surface area contributed by atoms with Gasteiger partial charge in [-0.3, -0.25) is 4.79 Å². The van der Waals surface area contributed by atoms with Crippen LogP contribution in [0, 0.1) is 6.92 Å². The van der Waals surface area contributed by atoms with E-state index in [-0.39, 0.29) is 5.56 Å². The van der Waals surface area contributed by atoms with Gasteiger partial charge in [0.05, 0.1) is 0 Å². The first-order valence-corrected chi connectivity index (χ1v) is 4.59. The first-order valence-electron chi connectivity index (χ1n) is 4.59. The number of carbonyl (C=O) groups is 1. The van der Waals surface area contributed by atoms with Crippen LogP contribution in [0.5, 0.6) is 5.75 Å². The highest BCUT2D eigenvalue weighted by molar-refractivity contribution is 6.04. The summed E-state index contributed by atoms with van der Waals surface area (Å²) in [5, 5.41) is 18.7. The van der Waals surface area contributed by atoms with Gasteiger partial charge in [-0.1, -0.05) is 12.1 Å². The van der Waals surface area contributed by atoms with Gasteiger partial charge in [-0.25, -0.2) is 4.79 Å². The van der Waals surface area contributed by atoms with Gasteiger partial charge in [0.1, 0.15) is 5.56 Å². The Morgan fingerprint density at radius 2 is 2.06 bits per heavy atom. The van der Waals surface area contributed by atoms with Gasteiger partial charge in [0, 0.05) is 10.9 Å². The van der Waals surface area contributed by atoms with E-state index in [1.54, 1.807) is 18.2 Å². The summed E-state index contributed by atoms with van der Waals surface area (Å²) >= 11 is 0. The molecule has 0 atom stereocenters. The molecule has 0 aliphatic carbocycles. The Morgan fingerprint density at radius 3 is 2.69 bits per heavy atom. The Labute approximate surface area is 90.0 Å². The van der Waals surface area contributed by atoms with Gasteiger partial charge in [-0.2, -0.15) is 0 Å². The minimum atomic E-state index is -1.32. The summed E-state index contributed by atoms with van der Waals surface area (Å²) in [7, 11) is 0. The van der Waals surface area contributed by atoms with E-state index in [0.29, 0.717) is 10.9 Å². The zero-order valence-corrected chi connectivity index (χ0v) is 8.44. The van der Waals surface area contributed by atoms with Crippen LogP contribution in [0.3, 0.4) is 0 Å². The van der Waals surface area contributed by atoms with Crippen molar-refractivity contribution in [1.82, 2.24) is 4.98 Å². The lowest BCUT2D eigenvalue weighted by molar-refractivity contribution is 0.0695. The SMILES string of the molecule is Cc1ccc2c(C(=O)O)c(O)c(=O)[nH]c2c1. The van der Waals surface area contributed by atoms with Gasteiger partial charge in [-0.05, 0) is 18.6 Å². The van der Waals surface area contributed by atoms with Crippen LogP contribution >= 0.6 is 0 Å². The van der Waals surface area contributed by atoms with Crippen LogP contribution in [-0.4, -0.2) is 21.2 Å². The number of fused-ring (bicyclic) bond motifs is 1. The van der Waals surface area contributed by atoms with Crippen LogP contribution in [-0.2, 0) is 0 Å². The molecule has 0 fully saturated rings. The van der Waals surface area contributed by atoms with E-state index in [2.05, 4.69) is 4.98 Å². The van der Waals surface area contributed by atoms with E-state index < -0.39 is 17.3 Å². The number of hydrogen-bond donors (Lipinski definition) is 3. The van der Waals surface area contributed by atoms with Gasteiger partial charge in [0.2, 0.25) is 0 Å². The van der Waals surface area contributed by atoms with Gasteiger partial charge < -0.3 is 15.2 Å². The summed E-state index contributed by atoms with van der Waals surface area (Å²) in [6, 6.07) is 4.93. The topological polar surface area (TPSA) is 90.4 Å². The van der Waals surface area contributed by atoms with Crippen molar-refractivity contribution in [1.29, 1.82) is 0 Å². The average Bonchev–Trinajstić information content (AvgIpc) is 2.19. The van der Waals surface area contributed by atoms with Crippen molar-refractivity contribution in [3.63, 3.8) is 0 Å². The number of aromatic nitrogens is 1. The molecular formula is C11H9NO4. The second-order valence-corrected chi connectivity index (χ2v) is 3.53. The number of aromatic carboxylic acids is 1. The third kappa shape index (κ3) is 1.42. The molecule has 1 aromatic heterocycles. The Hall–Kier alpha value is -2.30. The van der Waals surface area contributed by atoms with Crippen molar-refractivity contribution >= 4 is 16.9 Å². The zero-order chi connectivity index (χ0) is 11.9. The minimum absolute atomic E-state index is 0.315. The molecule has 0 spiro atoms. The summed E-state index contributed by atoms with van der Waals surface area (Å²) in [4.78, 5) is 24.7. The number of aromatic amines is 1. The van der Waals surface area contributed by atoms with E-state index in [0.717, 1.165) is 5.56 Å². The van der Waals surface area contributed by atoms with Crippen LogP contribution in [0.1, 0.15) is 15.9 Å². The maximum Gasteiger partial charge on any atom is 0.340 e. The Bertz CT molecular complexity index is 642. The molecule has 5 nitrogen and oxygen atoms in total. The number of pyridine rings is 1. The quantitative estimate of drug-likeness (QED) is 0.673. The number of H-pyrrole nitrogens is 1. The number of hydrogen-bond acceptors (Lipinski definition) is 3. The second kappa shape index (κ2) is 3.37. The summed E-state index contributed by atoms with van der Waals surface area (Å²) in [5.41, 5.74) is 0.139. The molecule has 82 valence electrons. The Balaban J connectivity index is 3.00. The molecule has 0 bridgehead atoms. The molecule has 3 N–H and O–H groups in total. The molecule has 0 radical (unpaired) electrons. The molecule has 2 rings (SSSR count). The third-order valence-corrected chi connectivity index (χ3v) is 2.36. The number of aryl methyl sites for hydroxylation is 1. The van der Waals surface area contributed by atoms with E-state index in [9.17, 15) is 14.7 Å². The van der Waals surface area contributed by atoms with Gasteiger partial charge in [-0.15, -0.1) is 0 Å². The van der Waals surface area contributed by atoms with Crippen molar-refractivity contribution in [2.75, 3.05) is 0 Å². The largest absolute Gasteiger partial charge is 0.502 e. The molecule has 2 aromatic rings. The molecule has 0 aliphatic rings. The maximum absolute atomic E-state index is 11.3. The summed E-state index contributed by atoms with van der Waals surface area (Å²) in [6.45, 7) is 1.82. The van der Waals surface area contributed by atoms with Crippen LogP contribution in [0.25, 0.3) is 10.9 Å². The fraction of sp³-hybridized carbons (Fsp3) is 0.0909. The molecule has 0 saturated carbocycles. The number of carboxylic acid groups (broad SMARTS) is 1. The molecule has 0 amide bonds. The van der Waals surface area contributed by atoms with Gasteiger partial charge >= 0.3 is 5.97 Å². The van der Waals surface area contributed by atoms with Crippen LogP contribution in [0.4, 0.5) is 0 Å². The minimum Gasteiger partial charge on any atom is -0.502 e. The molecule has 16 heavy (non-hydrogen) atoms. The normalized spacial score (nSPS) is 10.6. The Morgan fingerprint density at radius 1 is 1.38 bits per heavy atom. The fourth-order valence-corrected chi connectivity index (χ4v) is 1.62. The van der Waals surface area contributed by atoms with Crippen molar-refractivity contribution in [3.8, 4) is 5.75 Å². The monoisotopic (exact) mass is 219 g/mol. The highest BCUT2D eigenvalue weighted by Gasteiger charge is 2.17. The highest BCUT2D eigenvalue weighted by atomic mass is 16.4. The first kappa shape index (κ1) is 10.2. The number of rotatable bonds is 1. The maximum atomic E-state index is 11.3. The molecule has 1 aromatic carbocycles. The lowest BCUT2D eigenvalue weighted by Gasteiger charge is -2.05. The summed E-state index contributed by atoms with van der Waals surface area (Å²) < 4.78 is 0. The number of aromatic hydroxyl groups is 1. The predicted octanol–water partition coefficient (Wildman–Crippen LogP) is 1.24. The van der Waals surface area contributed by atoms with E-state index >= 15 is 0 Å². The lowest BCUT2D eigenvalue weighted by Crippen LogP contribution is -2.11. The predicted molar refractivity (Wildman–Crippen MR) is 57.9 cm³/mol. The van der Waals surface area contributed by atoms with E-state index in [1.807, 2.05) is 6.92 Å². The van der Waals surface area contributed by atoms with E-state index in [1.165, 1.54) is 0 Å². The molecule has 0 unspecified atom stereocenters. The highest BCUT2D eigenvalue weighted by Crippen LogP contribution is 2.22. The van der Waals surface area contributed by atoms with Crippen LogP contribution < -0.4 is 5.56 Å². The lowest BCUT2D eigenvalue weighted by atomic mass is 10.1. The van der Waals surface area contributed by atoms with Crippen molar-refractivity contribution in [2.45, 2.75) is 6.92 Å². The van der Waals surface area contributed by atoms with Crippen LogP contribution in [0.2, 0.25) is 0 Å². The summed E-state index contributed by atoms with van der Waals surface area (Å²) in [5.74, 6) is -2.08. The van der Waals surface area contributed by atoms with Gasteiger partial charge in [0.25, 0.3) is 5.56 Å². The molecular weight excluding hydrogens is 210 g/mol. The van der Waals surface area contributed by atoms with Crippen molar-refractivity contribution in [3.05, 3.63) is 39.7 Å². The molecule has 0 saturated heterocycles. The van der Waals surface area contributed by atoms with E-state index in [4.69, 9.17) is 5.11 Å². The smallest absolute Gasteiger partial charge is 0.340 e. The zero-order valence-electron chi connectivity index (χ0n) is 8.44. The third-order valence-electron chi connectivity index (χ3n) is 2.36. The molecule has 5 heteroatoms. The van der Waals surface area contributed by atoms with Crippen molar-refractivity contribution < 1.29 is 15.0 Å². The number of nitrogens with one attached hydrogen (secondary N) is 1. The molecule has 0 aliphatic heterocycles. The fourth-order valence-electron chi connectivity index (χ4n) is 1.62. The van der Waals surface area contributed by atoms with Gasteiger partial charge in [0.15, 0.2) is 5.75 Å². The second-order valence-electron chi connectivity index (χ2n) is 3.53. The first-order chi connectivity index (χ1) is 7.50. The van der Waals surface area contributed by atoms with Crippen LogP contribution in [0.15, 0.2) is 23.0 Å². The summed E-state index contributed by atoms with van der Waals surface area (Å²) in [6.07, 6.45) is 0. The van der Waals surface area contributed by atoms with Crippen molar-refractivity contribution in [2.24, 2.45) is 0 Å². The number of carboxylic acids is 1. The molecule has 1 heterocycles.